The third-order valence-corrected chi connectivity index (χ3v) is 3.66. The van der Waals surface area contributed by atoms with Gasteiger partial charge in [0, 0.05) is 0 Å². The molecule has 2 N–H and O–H groups in total. The predicted molar refractivity (Wildman–Crippen MR) is 79.8 cm³/mol. The zero-order chi connectivity index (χ0) is 15.2. The van der Waals surface area contributed by atoms with E-state index in [1.165, 1.54) is 6.21 Å². The molecule has 8 heteroatoms. The lowest BCUT2D eigenvalue weighted by Crippen LogP contribution is -2.26. The molecule has 21 heavy (non-hydrogen) atoms. The highest BCUT2D eigenvalue weighted by molar-refractivity contribution is 8.15. The van der Waals surface area contributed by atoms with E-state index in [4.69, 9.17) is 9.84 Å². The molecule has 0 aromatic heterocycles. The molecule has 0 unspecified atom stereocenters. The van der Waals surface area contributed by atoms with Crippen LogP contribution in [0.5, 0.6) is 5.75 Å². The minimum Gasteiger partial charge on any atom is -0.497 e. The standard InChI is InChI=1S/C13H13N3O4S/c1-20-9-4-2-3-8(5-9)7-14-16-13-15-12(19)10(21-13)6-11(17)18/h2-5,7,10H,6H2,1H3,(H,17,18)(H,15,16,19)/b14-7-/t10-/m0/s1. The maximum Gasteiger partial charge on any atom is 0.305 e. The van der Waals surface area contributed by atoms with Crippen molar-refractivity contribution >= 4 is 35.0 Å². The smallest absolute Gasteiger partial charge is 0.305 e. The second-order valence-electron chi connectivity index (χ2n) is 4.12. The molecule has 1 aliphatic rings. The van der Waals surface area contributed by atoms with Gasteiger partial charge in [0.15, 0.2) is 5.17 Å². The van der Waals surface area contributed by atoms with Gasteiger partial charge in [0.25, 0.3) is 0 Å². The summed E-state index contributed by atoms with van der Waals surface area (Å²) in [5.74, 6) is -0.682. The van der Waals surface area contributed by atoms with E-state index in [1.807, 2.05) is 18.2 Å². The van der Waals surface area contributed by atoms with Crippen LogP contribution >= 0.6 is 11.8 Å². The number of carbonyl (C=O) groups is 2. The van der Waals surface area contributed by atoms with Gasteiger partial charge in [0.2, 0.25) is 5.91 Å². The van der Waals surface area contributed by atoms with Crippen molar-refractivity contribution < 1.29 is 19.4 Å². The fourth-order valence-electron chi connectivity index (χ4n) is 1.61. The zero-order valence-corrected chi connectivity index (χ0v) is 12.0. The Hall–Kier alpha value is -2.35. The molecule has 110 valence electrons. The highest BCUT2D eigenvalue weighted by atomic mass is 32.2. The lowest BCUT2D eigenvalue weighted by atomic mass is 10.2. The number of nitrogens with one attached hydrogen (secondary N) is 1. The van der Waals surface area contributed by atoms with Crippen molar-refractivity contribution in [2.75, 3.05) is 7.11 Å². The topological polar surface area (TPSA) is 100 Å². The van der Waals surface area contributed by atoms with Crippen LogP contribution in [0.2, 0.25) is 0 Å². The van der Waals surface area contributed by atoms with Crippen LogP contribution in [0, 0.1) is 0 Å². The van der Waals surface area contributed by atoms with Gasteiger partial charge in [-0.3, -0.25) is 9.59 Å². The number of methoxy groups -OCH3 is 1. The Morgan fingerprint density at radius 1 is 1.57 bits per heavy atom. The van der Waals surface area contributed by atoms with Crippen LogP contribution in [0.25, 0.3) is 0 Å². The first-order valence-corrected chi connectivity index (χ1v) is 6.91. The summed E-state index contributed by atoms with van der Waals surface area (Å²) in [5, 5.41) is 18.5. The first-order valence-electron chi connectivity index (χ1n) is 6.03. The summed E-state index contributed by atoms with van der Waals surface area (Å²) in [6, 6.07) is 7.26. The first kappa shape index (κ1) is 15.0. The van der Waals surface area contributed by atoms with Gasteiger partial charge in [0.1, 0.15) is 11.0 Å². The fourth-order valence-corrected chi connectivity index (χ4v) is 2.53. The van der Waals surface area contributed by atoms with Crippen molar-refractivity contribution in [3.63, 3.8) is 0 Å². The highest BCUT2D eigenvalue weighted by Crippen LogP contribution is 2.22. The molecular weight excluding hydrogens is 294 g/mol. The quantitative estimate of drug-likeness (QED) is 0.626. The van der Waals surface area contributed by atoms with Gasteiger partial charge in [-0.15, -0.1) is 5.10 Å². The van der Waals surface area contributed by atoms with E-state index in [2.05, 4.69) is 15.5 Å². The van der Waals surface area contributed by atoms with Crippen molar-refractivity contribution in [1.82, 2.24) is 5.32 Å². The summed E-state index contributed by atoms with van der Waals surface area (Å²) in [5.41, 5.74) is 0.801. The van der Waals surface area contributed by atoms with Crippen LogP contribution in [0.4, 0.5) is 0 Å². The molecule has 1 fully saturated rings. The molecule has 1 aromatic carbocycles. The van der Waals surface area contributed by atoms with Crippen LogP contribution in [-0.2, 0) is 9.59 Å². The van der Waals surface area contributed by atoms with Gasteiger partial charge >= 0.3 is 5.97 Å². The summed E-state index contributed by atoms with van der Waals surface area (Å²) in [4.78, 5) is 22.1. The molecule has 0 spiro atoms. The largest absolute Gasteiger partial charge is 0.497 e. The Labute approximate surface area is 125 Å². The minimum absolute atomic E-state index is 0.241. The van der Waals surface area contributed by atoms with Crippen molar-refractivity contribution in [2.24, 2.45) is 10.2 Å². The van der Waals surface area contributed by atoms with Crippen molar-refractivity contribution in [2.45, 2.75) is 11.7 Å². The molecule has 2 rings (SSSR count). The van der Waals surface area contributed by atoms with E-state index < -0.39 is 11.2 Å². The van der Waals surface area contributed by atoms with Gasteiger partial charge < -0.3 is 15.2 Å². The van der Waals surface area contributed by atoms with Gasteiger partial charge in [-0.1, -0.05) is 23.9 Å². The average molecular weight is 307 g/mol. The van der Waals surface area contributed by atoms with E-state index in [0.29, 0.717) is 10.9 Å². The molecular formula is C13H13N3O4S. The minimum atomic E-state index is -1.02. The molecule has 1 aromatic rings. The number of amidine groups is 1. The predicted octanol–water partition coefficient (Wildman–Crippen LogP) is 1.09. The normalized spacial score (nSPS) is 20.0. The lowest BCUT2D eigenvalue weighted by Gasteiger charge is -1.99. The van der Waals surface area contributed by atoms with Crippen LogP contribution in [-0.4, -0.2) is 40.7 Å². The van der Waals surface area contributed by atoms with E-state index in [0.717, 1.165) is 17.3 Å². The van der Waals surface area contributed by atoms with Gasteiger partial charge in [-0.2, -0.15) is 5.10 Å². The summed E-state index contributed by atoms with van der Waals surface area (Å²) in [6.07, 6.45) is 1.28. The maximum atomic E-state index is 11.5. The van der Waals surface area contributed by atoms with Crippen molar-refractivity contribution in [3.05, 3.63) is 29.8 Å². The highest BCUT2D eigenvalue weighted by Gasteiger charge is 2.32. The summed E-state index contributed by atoms with van der Waals surface area (Å²) in [7, 11) is 1.57. The Morgan fingerprint density at radius 3 is 3.10 bits per heavy atom. The van der Waals surface area contributed by atoms with Crippen LogP contribution in [0.3, 0.4) is 0 Å². The molecule has 0 bridgehead atoms. The van der Waals surface area contributed by atoms with Crippen LogP contribution in [0.1, 0.15) is 12.0 Å². The van der Waals surface area contributed by atoms with Crippen molar-refractivity contribution in [3.8, 4) is 5.75 Å². The first-order chi connectivity index (χ1) is 10.1. The number of amides is 1. The third-order valence-electron chi connectivity index (χ3n) is 2.59. The molecule has 1 saturated heterocycles. The molecule has 1 atom stereocenters. The average Bonchev–Trinajstić information content (AvgIpc) is 2.78. The second-order valence-corrected chi connectivity index (χ2v) is 5.31. The molecule has 0 saturated carbocycles. The number of hydrogen-bond acceptors (Lipinski definition) is 6. The Bertz CT molecular complexity index is 615. The summed E-state index contributed by atoms with van der Waals surface area (Å²) in [6.45, 7) is 0. The Balaban J connectivity index is 1.99. The SMILES string of the molecule is COc1cccc(/C=N\N=C2/NC(=O)[C@H](CC(=O)O)S2)c1. The molecule has 1 aliphatic heterocycles. The number of hydrogen-bond donors (Lipinski definition) is 2. The summed E-state index contributed by atoms with van der Waals surface area (Å²) >= 11 is 1.06. The number of carbonyl (C=O) groups excluding carboxylic acids is 1. The number of thioether (sulfide) groups is 1. The fraction of sp³-hybridized carbons (Fsp3) is 0.231. The maximum absolute atomic E-state index is 11.5. The Morgan fingerprint density at radius 2 is 2.38 bits per heavy atom. The monoisotopic (exact) mass is 307 g/mol. The van der Waals surface area contributed by atoms with Gasteiger partial charge in [0.05, 0.1) is 19.7 Å². The number of ether oxygens (including phenoxy) is 1. The van der Waals surface area contributed by atoms with Gasteiger partial charge in [-0.05, 0) is 17.7 Å². The second kappa shape index (κ2) is 6.89. The zero-order valence-electron chi connectivity index (χ0n) is 11.1. The van der Waals surface area contributed by atoms with E-state index >= 15 is 0 Å². The molecule has 1 heterocycles. The van der Waals surface area contributed by atoms with Crippen LogP contribution in [0.15, 0.2) is 34.5 Å². The molecule has 0 aliphatic carbocycles. The number of carboxylic acids is 1. The molecule has 0 radical (unpaired) electrons. The number of aliphatic carboxylic acids is 1. The number of benzene rings is 1. The lowest BCUT2D eigenvalue weighted by molar-refractivity contribution is -0.138. The van der Waals surface area contributed by atoms with E-state index in [1.54, 1.807) is 13.2 Å². The van der Waals surface area contributed by atoms with Crippen molar-refractivity contribution in [1.29, 1.82) is 0 Å². The molecule has 7 nitrogen and oxygen atoms in total. The third kappa shape index (κ3) is 4.32. The number of rotatable bonds is 5. The van der Waals surface area contributed by atoms with E-state index in [9.17, 15) is 9.59 Å². The van der Waals surface area contributed by atoms with Gasteiger partial charge in [-0.25, -0.2) is 0 Å². The van der Waals surface area contributed by atoms with E-state index in [-0.39, 0.29) is 12.3 Å². The number of carboxylic acid groups (broad SMARTS) is 1. The molecule has 1 amide bonds. The summed E-state index contributed by atoms with van der Waals surface area (Å²) < 4.78 is 5.09. The Kier molecular flexibility index (Phi) is 4.94. The number of nitrogens with zero attached hydrogens (tertiary/aromatic N) is 2. The van der Waals surface area contributed by atoms with Crippen LogP contribution < -0.4 is 10.1 Å².